The van der Waals surface area contributed by atoms with Crippen molar-refractivity contribution in [3.05, 3.63) is 35.9 Å². The summed E-state index contributed by atoms with van der Waals surface area (Å²) in [6.07, 6.45) is 2.72. The van der Waals surface area contributed by atoms with E-state index < -0.39 is 6.10 Å². The molecule has 0 radical (unpaired) electrons. The van der Waals surface area contributed by atoms with Gasteiger partial charge in [0.05, 0.1) is 12.7 Å². The second kappa shape index (κ2) is 7.59. The van der Waals surface area contributed by atoms with Gasteiger partial charge >= 0.3 is 0 Å². The minimum Gasteiger partial charge on any atom is -0.494 e. The maximum Gasteiger partial charge on any atom is 0.246 e. The van der Waals surface area contributed by atoms with Gasteiger partial charge in [-0.3, -0.25) is 4.79 Å². The SMILES string of the molecule is CCOc1ccc(/C=C/C(=O)N(C)CC(C)O)cc1. The largest absolute Gasteiger partial charge is 0.494 e. The first-order valence-electron chi connectivity index (χ1n) is 6.37. The minimum absolute atomic E-state index is 0.130. The van der Waals surface area contributed by atoms with E-state index in [-0.39, 0.29) is 5.91 Å². The molecule has 0 heterocycles. The summed E-state index contributed by atoms with van der Waals surface area (Å²) in [4.78, 5) is 13.2. The van der Waals surface area contributed by atoms with Gasteiger partial charge in [-0.05, 0) is 37.6 Å². The summed E-state index contributed by atoms with van der Waals surface area (Å²) >= 11 is 0. The highest BCUT2D eigenvalue weighted by atomic mass is 16.5. The molecule has 4 nitrogen and oxygen atoms in total. The Labute approximate surface area is 114 Å². The second-order valence-corrected chi connectivity index (χ2v) is 4.40. The number of benzene rings is 1. The molecular weight excluding hydrogens is 242 g/mol. The summed E-state index contributed by atoms with van der Waals surface area (Å²) in [6.45, 7) is 4.55. The molecule has 0 aromatic heterocycles. The fourth-order valence-corrected chi connectivity index (χ4v) is 1.62. The molecule has 0 saturated carbocycles. The third kappa shape index (κ3) is 5.57. The van der Waals surface area contributed by atoms with Crippen molar-refractivity contribution in [2.45, 2.75) is 20.0 Å². The van der Waals surface area contributed by atoms with Crippen LogP contribution in [0.15, 0.2) is 30.3 Å². The van der Waals surface area contributed by atoms with Crippen molar-refractivity contribution in [3.8, 4) is 5.75 Å². The number of likely N-dealkylation sites (N-methyl/N-ethyl adjacent to an activating group) is 1. The maximum atomic E-state index is 11.7. The van der Waals surface area contributed by atoms with Crippen LogP contribution in [0.5, 0.6) is 5.75 Å². The molecule has 1 aromatic rings. The summed E-state index contributed by atoms with van der Waals surface area (Å²) in [5, 5.41) is 9.21. The molecule has 0 bridgehead atoms. The van der Waals surface area contributed by atoms with Gasteiger partial charge in [0.25, 0.3) is 0 Å². The van der Waals surface area contributed by atoms with E-state index in [1.807, 2.05) is 31.2 Å². The zero-order chi connectivity index (χ0) is 14.3. The number of carbonyl (C=O) groups excluding carboxylic acids is 1. The quantitative estimate of drug-likeness (QED) is 0.798. The van der Waals surface area contributed by atoms with Gasteiger partial charge in [0.2, 0.25) is 5.91 Å². The molecule has 0 aliphatic carbocycles. The lowest BCUT2D eigenvalue weighted by Gasteiger charge is -2.16. The van der Waals surface area contributed by atoms with Crippen LogP contribution in [-0.2, 0) is 4.79 Å². The summed E-state index contributed by atoms with van der Waals surface area (Å²) in [6, 6.07) is 7.52. The Hall–Kier alpha value is -1.81. The predicted molar refractivity (Wildman–Crippen MR) is 76.0 cm³/mol. The number of rotatable bonds is 6. The molecule has 104 valence electrons. The van der Waals surface area contributed by atoms with Crippen molar-refractivity contribution in [2.24, 2.45) is 0 Å². The van der Waals surface area contributed by atoms with Gasteiger partial charge in [-0.25, -0.2) is 0 Å². The van der Waals surface area contributed by atoms with Gasteiger partial charge in [-0.1, -0.05) is 12.1 Å². The van der Waals surface area contributed by atoms with E-state index >= 15 is 0 Å². The van der Waals surface area contributed by atoms with E-state index in [4.69, 9.17) is 4.74 Å². The number of ether oxygens (including phenoxy) is 1. The first-order valence-corrected chi connectivity index (χ1v) is 6.37. The Kier molecular flexibility index (Phi) is 6.09. The maximum absolute atomic E-state index is 11.7. The topological polar surface area (TPSA) is 49.8 Å². The number of hydrogen-bond acceptors (Lipinski definition) is 3. The highest BCUT2D eigenvalue weighted by molar-refractivity contribution is 5.91. The minimum atomic E-state index is -0.521. The molecule has 4 heteroatoms. The van der Waals surface area contributed by atoms with E-state index in [9.17, 15) is 9.90 Å². The summed E-state index contributed by atoms with van der Waals surface area (Å²) in [5.74, 6) is 0.687. The molecular formula is C15H21NO3. The predicted octanol–water partition coefficient (Wildman–Crippen LogP) is 1.94. The van der Waals surface area contributed by atoms with E-state index in [0.29, 0.717) is 13.2 Å². The Balaban J connectivity index is 2.58. The average molecular weight is 263 g/mol. The van der Waals surface area contributed by atoms with Crippen LogP contribution in [0.4, 0.5) is 0 Å². The van der Waals surface area contributed by atoms with Crippen molar-refractivity contribution in [3.63, 3.8) is 0 Å². The van der Waals surface area contributed by atoms with Crippen molar-refractivity contribution >= 4 is 12.0 Å². The lowest BCUT2D eigenvalue weighted by molar-refractivity contribution is -0.125. The van der Waals surface area contributed by atoms with Gasteiger partial charge < -0.3 is 14.7 Å². The first kappa shape index (κ1) is 15.2. The molecule has 1 amide bonds. The Bertz CT molecular complexity index is 424. The number of amides is 1. The van der Waals surface area contributed by atoms with Crippen LogP contribution in [0, 0.1) is 0 Å². The molecule has 1 rings (SSSR count). The Morgan fingerprint density at radius 1 is 1.42 bits per heavy atom. The highest BCUT2D eigenvalue weighted by Crippen LogP contribution is 2.13. The molecule has 0 saturated heterocycles. The molecule has 0 aliphatic heterocycles. The molecule has 0 aliphatic rings. The van der Waals surface area contributed by atoms with Crippen molar-refractivity contribution in [1.82, 2.24) is 4.90 Å². The van der Waals surface area contributed by atoms with Crippen LogP contribution in [0.1, 0.15) is 19.4 Å². The van der Waals surface area contributed by atoms with E-state index in [1.165, 1.54) is 11.0 Å². The summed E-state index contributed by atoms with van der Waals surface area (Å²) < 4.78 is 5.34. The fraction of sp³-hybridized carbons (Fsp3) is 0.400. The van der Waals surface area contributed by atoms with Crippen LogP contribution in [0.25, 0.3) is 6.08 Å². The van der Waals surface area contributed by atoms with Crippen LogP contribution in [0.3, 0.4) is 0 Å². The van der Waals surface area contributed by atoms with Gasteiger partial charge in [0.1, 0.15) is 5.75 Å². The Morgan fingerprint density at radius 2 is 2.05 bits per heavy atom. The lowest BCUT2D eigenvalue weighted by Crippen LogP contribution is -2.31. The van der Waals surface area contributed by atoms with Crippen LogP contribution >= 0.6 is 0 Å². The van der Waals surface area contributed by atoms with E-state index in [1.54, 1.807) is 20.0 Å². The van der Waals surface area contributed by atoms with Crippen molar-refractivity contribution in [1.29, 1.82) is 0 Å². The van der Waals surface area contributed by atoms with Crippen LogP contribution in [-0.4, -0.2) is 42.2 Å². The number of aliphatic hydroxyl groups excluding tert-OH is 1. The van der Waals surface area contributed by atoms with E-state index in [0.717, 1.165) is 11.3 Å². The third-order valence-electron chi connectivity index (χ3n) is 2.52. The number of nitrogens with zero attached hydrogens (tertiary/aromatic N) is 1. The molecule has 1 aromatic carbocycles. The fourth-order valence-electron chi connectivity index (χ4n) is 1.62. The third-order valence-corrected chi connectivity index (χ3v) is 2.52. The summed E-state index contributed by atoms with van der Waals surface area (Å²) in [7, 11) is 1.66. The van der Waals surface area contributed by atoms with Crippen LogP contribution < -0.4 is 4.74 Å². The lowest BCUT2D eigenvalue weighted by atomic mass is 10.2. The zero-order valence-corrected chi connectivity index (χ0v) is 11.7. The highest BCUT2D eigenvalue weighted by Gasteiger charge is 2.07. The molecule has 0 fully saturated rings. The average Bonchev–Trinajstić information content (AvgIpc) is 2.37. The molecule has 0 spiro atoms. The van der Waals surface area contributed by atoms with Crippen molar-refractivity contribution in [2.75, 3.05) is 20.2 Å². The van der Waals surface area contributed by atoms with Crippen molar-refractivity contribution < 1.29 is 14.6 Å². The normalized spacial score (nSPS) is 12.4. The first-order chi connectivity index (χ1) is 9.02. The molecule has 1 N–H and O–H groups in total. The standard InChI is InChI=1S/C15H21NO3/c1-4-19-14-8-5-13(6-9-14)7-10-15(18)16(3)11-12(2)17/h5-10,12,17H,4,11H2,1-3H3/b10-7+. The van der Waals surface area contributed by atoms with Gasteiger partial charge in [-0.2, -0.15) is 0 Å². The van der Waals surface area contributed by atoms with Gasteiger partial charge in [0.15, 0.2) is 0 Å². The molecule has 1 atom stereocenters. The molecule has 1 unspecified atom stereocenters. The smallest absolute Gasteiger partial charge is 0.246 e. The monoisotopic (exact) mass is 263 g/mol. The Morgan fingerprint density at radius 3 is 2.58 bits per heavy atom. The van der Waals surface area contributed by atoms with E-state index in [2.05, 4.69) is 0 Å². The van der Waals surface area contributed by atoms with Crippen LogP contribution in [0.2, 0.25) is 0 Å². The zero-order valence-electron chi connectivity index (χ0n) is 11.7. The van der Waals surface area contributed by atoms with Gasteiger partial charge in [-0.15, -0.1) is 0 Å². The van der Waals surface area contributed by atoms with Gasteiger partial charge in [0, 0.05) is 19.7 Å². The molecule has 19 heavy (non-hydrogen) atoms. The number of aliphatic hydroxyl groups is 1. The number of carbonyl (C=O) groups is 1. The summed E-state index contributed by atoms with van der Waals surface area (Å²) in [5.41, 5.74) is 0.933. The number of hydrogen-bond donors (Lipinski definition) is 1. The second-order valence-electron chi connectivity index (χ2n) is 4.40.